The maximum absolute atomic E-state index is 5.95. The van der Waals surface area contributed by atoms with Crippen molar-refractivity contribution in [3.05, 3.63) is 27.8 Å². The van der Waals surface area contributed by atoms with Crippen LogP contribution >= 0.6 is 15.9 Å². The Morgan fingerprint density at radius 3 is 3.00 bits per heavy atom. The van der Waals surface area contributed by atoms with Gasteiger partial charge in [-0.3, -0.25) is 4.68 Å². The molecule has 1 spiro atoms. The van der Waals surface area contributed by atoms with Crippen molar-refractivity contribution in [3.8, 4) is 11.3 Å². The first kappa shape index (κ1) is 14.3. The first-order valence-electron chi connectivity index (χ1n) is 8.22. The first-order valence-corrected chi connectivity index (χ1v) is 9.01. The highest BCUT2D eigenvalue weighted by atomic mass is 79.9. The third-order valence-corrected chi connectivity index (χ3v) is 6.12. The molecule has 5 rings (SSSR count). The maximum Gasteiger partial charge on any atom is 0.172 e. The van der Waals surface area contributed by atoms with Gasteiger partial charge in [-0.1, -0.05) is 0 Å². The van der Waals surface area contributed by atoms with Crippen molar-refractivity contribution in [1.82, 2.24) is 9.78 Å². The highest BCUT2D eigenvalue weighted by Gasteiger charge is 2.51. The van der Waals surface area contributed by atoms with Crippen LogP contribution in [0.5, 0.6) is 0 Å². The molecule has 1 aliphatic heterocycles. The fraction of sp³-hybridized carbons (Fsp3) is 0.588. The quantitative estimate of drug-likeness (QED) is 0.804. The number of ether oxygens (including phenoxy) is 2. The van der Waals surface area contributed by atoms with E-state index in [2.05, 4.69) is 29.1 Å². The van der Waals surface area contributed by atoms with Gasteiger partial charge in [0.1, 0.15) is 11.9 Å². The van der Waals surface area contributed by atoms with Crippen molar-refractivity contribution in [2.75, 3.05) is 19.8 Å². The number of hydrogen-bond donors (Lipinski definition) is 0. The molecule has 2 fully saturated rings. The Balaban J connectivity index is 1.55. The lowest BCUT2D eigenvalue weighted by Crippen LogP contribution is -2.32. The minimum absolute atomic E-state index is 0.0944. The lowest BCUT2D eigenvalue weighted by Gasteiger charge is -2.22. The summed E-state index contributed by atoms with van der Waals surface area (Å²) < 4.78 is 20.1. The molecule has 0 N–H and O–H groups in total. The number of aromatic nitrogens is 2. The summed E-state index contributed by atoms with van der Waals surface area (Å²) in [5, 5.41) is 4.90. The van der Waals surface area contributed by atoms with Crippen molar-refractivity contribution >= 4 is 15.9 Å². The zero-order valence-electron chi connectivity index (χ0n) is 13.1. The van der Waals surface area contributed by atoms with Crippen molar-refractivity contribution in [2.45, 2.75) is 44.2 Å². The minimum Gasteiger partial charge on any atom is -0.453 e. The molecule has 0 bridgehead atoms. The largest absolute Gasteiger partial charge is 0.453 e. The molecule has 2 aliphatic carbocycles. The molecule has 0 radical (unpaired) electrons. The number of fused-ring (bicyclic) bond motifs is 4. The van der Waals surface area contributed by atoms with Crippen LogP contribution in [-0.2, 0) is 27.9 Å². The fourth-order valence-corrected chi connectivity index (χ4v) is 4.31. The van der Waals surface area contributed by atoms with E-state index in [1.807, 2.05) is 4.68 Å². The summed E-state index contributed by atoms with van der Waals surface area (Å²) in [6.45, 7) is 4.86. The summed E-state index contributed by atoms with van der Waals surface area (Å²) in [5.41, 5.74) is 5.09. The highest BCUT2D eigenvalue weighted by Crippen LogP contribution is 2.58. The Morgan fingerprint density at radius 1 is 1.39 bits per heavy atom. The van der Waals surface area contributed by atoms with E-state index < -0.39 is 0 Å². The van der Waals surface area contributed by atoms with Gasteiger partial charge in [0.2, 0.25) is 0 Å². The molecule has 23 heavy (non-hydrogen) atoms. The van der Waals surface area contributed by atoms with Crippen LogP contribution in [0, 0.1) is 6.92 Å². The monoisotopic (exact) mass is 378 g/mol. The third kappa shape index (κ3) is 2.15. The van der Waals surface area contributed by atoms with Gasteiger partial charge in [0.15, 0.2) is 4.67 Å². The standard InChI is InChI=1S/C17H19BrN2O3/c1-10-14-13(23-16(10)18)6-17(2-3-17)12-8-20(19-15(12)14)7-11-9-21-4-5-22-11/h8,11H,2-7,9H2,1H3/t11-/m0/s1. The molecule has 1 atom stereocenters. The molecular formula is C17H19BrN2O3. The van der Waals surface area contributed by atoms with Gasteiger partial charge in [0, 0.05) is 34.7 Å². The maximum atomic E-state index is 5.95. The molecule has 0 aromatic carbocycles. The topological polar surface area (TPSA) is 49.4 Å². The van der Waals surface area contributed by atoms with Gasteiger partial charge in [-0.2, -0.15) is 5.10 Å². The third-order valence-electron chi connectivity index (χ3n) is 5.36. The molecule has 3 heterocycles. The summed E-state index contributed by atoms with van der Waals surface area (Å²) in [4.78, 5) is 0. The van der Waals surface area contributed by atoms with Crippen molar-refractivity contribution < 1.29 is 13.9 Å². The van der Waals surface area contributed by atoms with Crippen LogP contribution < -0.4 is 0 Å². The van der Waals surface area contributed by atoms with Crippen LogP contribution in [-0.4, -0.2) is 35.7 Å². The Morgan fingerprint density at radius 2 is 2.26 bits per heavy atom. The average molecular weight is 379 g/mol. The number of rotatable bonds is 2. The molecule has 2 aromatic heterocycles. The van der Waals surface area contributed by atoms with Gasteiger partial charge >= 0.3 is 0 Å². The van der Waals surface area contributed by atoms with Gasteiger partial charge in [0.25, 0.3) is 0 Å². The average Bonchev–Trinajstić information content (AvgIpc) is 3.08. The van der Waals surface area contributed by atoms with Crippen molar-refractivity contribution in [2.24, 2.45) is 0 Å². The minimum atomic E-state index is 0.0944. The van der Waals surface area contributed by atoms with Crippen LogP contribution in [0.3, 0.4) is 0 Å². The zero-order chi connectivity index (χ0) is 15.6. The van der Waals surface area contributed by atoms with Gasteiger partial charge in [-0.15, -0.1) is 0 Å². The second kappa shape index (κ2) is 4.94. The Labute approximate surface area is 143 Å². The van der Waals surface area contributed by atoms with Crippen LogP contribution in [0.25, 0.3) is 11.3 Å². The summed E-state index contributed by atoms with van der Waals surface area (Å²) in [5.74, 6) is 1.09. The molecule has 6 heteroatoms. The number of nitrogens with zero attached hydrogens (tertiary/aromatic N) is 2. The summed E-state index contributed by atoms with van der Waals surface area (Å²) >= 11 is 3.53. The molecule has 1 saturated heterocycles. The predicted octanol–water partition coefficient (Wildman–Crippen LogP) is 3.22. The predicted molar refractivity (Wildman–Crippen MR) is 87.5 cm³/mol. The molecule has 5 nitrogen and oxygen atoms in total. The van der Waals surface area contributed by atoms with E-state index >= 15 is 0 Å². The zero-order valence-corrected chi connectivity index (χ0v) is 14.7. The van der Waals surface area contributed by atoms with E-state index in [1.165, 1.54) is 24.0 Å². The second-order valence-corrected chi connectivity index (χ2v) is 7.66. The molecule has 1 saturated carbocycles. The van der Waals surface area contributed by atoms with Gasteiger partial charge < -0.3 is 13.9 Å². The van der Waals surface area contributed by atoms with E-state index in [9.17, 15) is 0 Å². The summed E-state index contributed by atoms with van der Waals surface area (Å²) in [6, 6.07) is 0. The normalized spacial score (nSPS) is 24.5. The molecule has 0 unspecified atom stereocenters. The Kier molecular flexibility index (Phi) is 3.06. The fourth-order valence-electron chi connectivity index (χ4n) is 3.92. The van der Waals surface area contributed by atoms with Crippen molar-refractivity contribution in [3.63, 3.8) is 0 Å². The first-order chi connectivity index (χ1) is 11.2. The van der Waals surface area contributed by atoms with E-state index in [4.69, 9.17) is 19.0 Å². The smallest absolute Gasteiger partial charge is 0.172 e. The van der Waals surface area contributed by atoms with Gasteiger partial charge in [-0.25, -0.2) is 0 Å². The molecule has 2 aromatic rings. The van der Waals surface area contributed by atoms with Gasteiger partial charge in [-0.05, 0) is 35.7 Å². The Bertz CT molecular complexity index is 769. The van der Waals surface area contributed by atoms with E-state index in [0.717, 1.165) is 34.7 Å². The molecule has 122 valence electrons. The van der Waals surface area contributed by atoms with Crippen LogP contribution in [0.15, 0.2) is 15.3 Å². The highest BCUT2D eigenvalue weighted by molar-refractivity contribution is 9.10. The van der Waals surface area contributed by atoms with E-state index in [-0.39, 0.29) is 11.5 Å². The number of halogens is 1. The van der Waals surface area contributed by atoms with Crippen LogP contribution in [0.1, 0.15) is 29.7 Å². The molecule has 0 amide bonds. The number of hydrogen-bond acceptors (Lipinski definition) is 4. The SMILES string of the molecule is Cc1c(Br)oc2c1-c1nn(C[C@H]3COCCO3)cc1C1(CC1)C2. The lowest BCUT2D eigenvalue weighted by atomic mass is 9.83. The van der Waals surface area contributed by atoms with Crippen molar-refractivity contribution in [1.29, 1.82) is 0 Å². The molecular weight excluding hydrogens is 360 g/mol. The Hall–Kier alpha value is -1.11. The van der Waals surface area contributed by atoms with Crippen LogP contribution in [0.4, 0.5) is 0 Å². The van der Waals surface area contributed by atoms with Crippen LogP contribution in [0.2, 0.25) is 0 Å². The van der Waals surface area contributed by atoms with E-state index in [0.29, 0.717) is 19.8 Å². The summed E-state index contributed by atoms with van der Waals surface area (Å²) in [6.07, 6.45) is 5.77. The van der Waals surface area contributed by atoms with Gasteiger partial charge in [0.05, 0.1) is 32.1 Å². The summed E-state index contributed by atoms with van der Waals surface area (Å²) in [7, 11) is 0. The number of furan rings is 1. The molecule has 3 aliphatic rings. The van der Waals surface area contributed by atoms with E-state index in [1.54, 1.807) is 0 Å². The second-order valence-electron chi connectivity index (χ2n) is 6.94. The lowest BCUT2D eigenvalue weighted by molar-refractivity contribution is -0.0946.